The highest BCUT2D eigenvalue weighted by molar-refractivity contribution is 6.02. The summed E-state index contributed by atoms with van der Waals surface area (Å²) in [7, 11) is 0. The van der Waals surface area contributed by atoms with Crippen LogP contribution >= 0.6 is 0 Å². The van der Waals surface area contributed by atoms with Gasteiger partial charge in [-0.2, -0.15) is 0 Å². The normalized spacial score (nSPS) is 9.33. The van der Waals surface area contributed by atoms with Crippen LogP contribution in [0.1, 0.15) is 0 Å². The second-order valence-electron chi connectivity index (χ2n) is 3.02. The summed E-state index contributed by atoms with van der Waals surface area (Å²) < 4.78 is 0. The van der Waals surface area contributed by atoms with Crippen LogP contribution in [0.5, 0.6) is 0 Å². The molecule has 6 N–H and O–H groups in total. The summed E-state index contributed by atoms with van der Waals surface area (Å²) in [5, 5.41) is 31.6. The average molecular weight is 255 g/mol. The quantitative estimate of drug-likeness (QED) is 0.486. The van der Waals surface area contributed by atoms with E-state index in [0.717, 1.165) is 0 Å². The zero-order valence-corrected chi connectivity index (χ0v) is 8.80. The number of hydrogen-bond donors (Lipinski definition) is 6. The molecule has 0 saturated heterocycles. The monoisotopic (exact) mass is 255 g/mol. The van der Waals surface area contributed by atoms with Gasteiger partial charge in [-0.15, -0.1) is 0 Å². The van der Waals surface area contributed by atoms with Gasteiger partial charge in [0.05, 0.1) is 17.1 Å². The molecule has 0 saturated carbocycles. The zero-order chi connectivity index (χ0) is 13.7. The van der Waals surface area contributed by atoms with E-state index in [4.69, 9.17) is 15.3 Å². The van der Waals surface area contributed by atoms with Gasteiger partial charge in [-0.05, 0) is 12.1 Å². The lowest BCUT2D eigenvalue weighted by atomic mass is 10.2. The van der Waals surface area contributed by atoms with Crippen LogP contribution in [0.15, 0.2) is 18.2 Å². The third-order valence-electron chi connectivity index (χ3n) is 1.78. The first-order valence-electron chi connectivity index (χ1n) is 4.53. The summed E-state index contributed by atoms with van der Waals surface area (Å²) in [5.74, 6) is 0. The predicted octanol–water partition coefficient (Wildman–Crippen LogP) is 1.96. The van der Waals surface area contributed by atoms with E-state index in [1.165, 1.54) is 18.2 Å². The van der Waals surface area contributed by atoms with E-state index >= 15 is 0 Å². The summed E-state index contributed by atoms with van der Waals surface area (Å²) in [5.41, 5.74) is -0.373. The van der Waals surface area contributed by atoms with Crippen LogP contribution in [0.3, 0.4) is 0 Å². The fourth-order valence-electron chi connectivity index (χ4n) is 1.23. The first-order chi connectivity index (χ1) is 8.40. The molecule has 9 nitrogen and oxygen atoms in total. The third kappa shape index (κ3) is 3.56. The fraction of sp³-hybridized carbons (Fsp3) is 0. The van der Waals surface area contributed by atoms with Gasteiger partial charge in [0.15, 0.2) is 0 Å². The van der Waals surface area contributed by atoms with Crippen molar-refractivity contribution in [3.05, 3.63) is 18.2 Å². The molecule has 0 heterocycles. The van der Waals surface area contributed by atoms with E-state index < -0.39 is 18.3 Å². The molecule has 0 aliphatic carbocycles. The first kappa shape index (κ1) is 13.1. The summed E-state index contributed by atoms with van der Waals surface area (Å²) in [6.45, 7) is 0. The van der Waals surface area contributed by atoms with Crippen LogP contribution in [-0.2, 0) is 0 Å². The lowest BCUT2D eigenvalue weighted by Gasteiger charge is -2.13. The highest BCUT2D eigenvalue weighted by atomic mass is 16.4. The second kappa shape index (κ2) is 5.39. The van der Waals surface area contributed by atoms with E-state index in [2.05, 4.69) is 0 Å². The number of para-hydroxylation sites is 1. The summed E-state index contributed by atoms with van der Waals surface area (Å²) in [6, 6.07) is 3.93. The minimum Gasteiger partial charge on any atom is -0.465 e. The zero-order valence-electron chi connectivity index (χ0n) is 8.80. The largest absolute Gasteiger partial charge is 0.465 e. The van der Waals surface area contributed by atoms with Crippen molar-refractivity contribution >= 4 is 35.3 Å². The smallest absolute Gasteiger partial charge is 0.409 e. The van der Waals surface area contributed by atoms with Crippen LogP contribution < -0.4 is 16.0 Å². The number of carbonyl (C=O) groups is 3. The Balaban J connectivity index is 3.19. The van der Waals surface area contributed by atoms with Gasteiger partial charge in [0.2, 0.25) is 0 Å². The van der Waals surface area contributed by atoms with Crippen molar-refractivity contribution in [2.75, 3.05) is 16.0 Å². The number of anilines is 3. The standard InChI is InChI=1S/C9H9N3O6/c13-7(14)10-4-2-1-3-5(11-8(15)16)6(4)12-9(17)18/h1-3,10-12H,(H,13,14)(H,15,16)(H,17,18). The Hall–Kier alpha value is -2.97. The molecule has 0 spiro atoms. The molecule has 96 valence electrons. The molecule has 0 atom stereocenters. The second-order valence-corrected chi connectivity index (χ2v) is 3.02. The van der Waals surface area contributed by atoms with Crippen molar-refractivity contribution in [3.8, 4) is 0 Å². The Bertz CT molecular complexity index is 467. The molecule has 0 aromatic heterocycles. The molecular formula is C9H9N3O6. The number of rotatable bonds is 3. The Morgan fingerprint density at radius 1 is 0.778 bits per heavy atom. The maximum Gasteiger partial charge on any atom is 0.409 e. The molecule has 0 bridgehead atoms. The molecule has 0 aliphatic heterocycles. The van der Waals surface area contributed by atoms with Gasteiger partial charge >= 0.3 is 18.3 Å². The molecule has 3 amide bonds. The molecule has 0 unspecified atom stereocenters. The summed E-state index contributed by atoms with van der Waals surface area (Å²) in [4.78, 5) is 31.6. The Labute approximate surface area is 100 Å². The van der Waals surface area contributed by atoms with Crippen molar-refractivity contribution in [1.29, 1.82) is 0 Å². The van der Waals surface area contributed by atoms with Gasteiger partial charge in [0.25, 0.3) is 0 Å². The lowest BCUT2D eigenvalue weighted by Crippen LogP contribution is -2.16. The van der Waals surface area contributed by atoms with Gasteiger partial charge < -0.3 is 15.3 Å². The van der Waals surface area contributed by atoms with E-state index in [1.807, 2.05) is 16.0 Å². The van der Waals surface area contributed by atoms with Crippen LogP contribution in [0.2, 0.25) is 0 Å². The number of hydrogen-bond acceptors (Lipinski definition) is 3. The molecule has 9 heteroatoms. The van der Waals surface area contributed by atoms with Gasteiger partial charge in [0.1, 0.15) is 0 Å². The first-order valence-corrected chi connectivity index (χ1v) is 4.53. The molecule has 0 aliphatic rings. The van der Waals surface area contributed by atoms with Gasteiger partial charge in [-0.25, -0.2) is 14.4 Å². The highest BCUT2D eigenvalue weighted by Gasteiger charge is 2.14. The number of amides is 3. The highest BCUT2D eigenvalue weighted by Crippen LogP contribution is 2.30. The fourth-order valence-corrected chi connectivity index (χ4v) is 1.23. The molecule has 1 aromatic carbocycles. The SMILES string of the molecule is O=C(O)Nc1cccc(NC(=O)O)c1NC(=O)O. The van der Waals surface area contributed by atoms with E-state index in [1.54, 1.807) is 0 Å². The van der Waals surface area contributed by atoms with Crippen molar-refractivity contribution in [1.82, 2.24) is 0 Å². The molecule has 0 radical (unpaired) electrons. The van der Waals surface area contributed by atoms with Gasteiger partial charge in [-0.3, -0.25) is 16.0 Å². The van der Waals surface area contributed by atoms with E-state index in [0.29, 0.717) is 0 Å². The summed E-state index contributed by atoms with van der Waals surface area (Å²) >= 11 is 0. The van der Waals surface area contributed by atoms with Crippen LogP contribution in [0, 0.1) is 0 Å². The third-order valence-corrected chi connectivity index (χ3v) is 1.78. The minimum absolute atomic E-state index is 0.0869. The average Bonchev–Trinajstić information content (AvgIpc) is 2.20. The number of carboxylic acid groups (broad SMARTS) is 3. The van der Waals surface area contributed by atoms with Crippen molar-refractivity contribution in [3.63, 3.8) is 0 Å². The van der Waals surface area contributed by atoms with E-state index in [-0.39, 0.29) is 17.1 Å². The maximum atomic E-state index is 10.6. The predicted molar refractivity (Wildman–Crippen MR) is 61.4 cm³/mol. The van der Waals surface area contributed by atoms with Crippen molar-refractivity contribution in [2.24, 2.45) is 0 Å². The van der Waals surface area contributed by atoms with Crippen molar-refractivity contribution < 1.29 is 29.7 Å². The van der Waals surface area contributed by atoms with E-state index in [9.17, 15) is 14.4 Å². The molecule has 0 fully saturated rings. The number of benzene rings is 1. The minimum atomic E-state index is -1.46. The Morgan fingerprint density at radius 3 is 1.50 bits per heavy atom. The molecular weight excluding hydrogens is 246 g/mol. The maximum absolute atomic E-state index is 10.6. The Morgan fingerprint density at radius 2 is 1.17 bits per heavy atom. The molecule has 18 heavy (non-hydrogen) atoms. The number of nitrogens with one attached hydrogen (secondary N) is 3. The van der Waals surface area contributed by atoms with Crippen LogP contribution in [-0.4, -0.2) is 33.6 Å². The van der Waals surface area contributed by atoms with Crippen LogP contribution in [0.4, 0.5) is 31.4 Å². The molecule has 1 rings (SSSR count). The van der Waals surface area contributed by atoms with Gasteiger partial charge in [-0.1, -0.05) is 6.07 Å². The van der Waals surface area contributed by atoms with Crippen LogP contribution in [0.25, 0.3) is 0 Å². The van der Waals surface area contributed by atoms with Crippen molar-refractivity contribution in [2.45, 2.75) is 0 Å². The summed E-state index contributed by atoms with van der Waals surface area (Å²) in [6.07, 6.45) is -4.27. The lowest BCUT2D eigenvalue weighted by molar-refractivity contribution is 0.208. The topological polar surface area (TPSA) is 148 Å². The Kier molecular flexibility index (Phi) is 3.92. The van der Waals surface area contributed by atoms with Gasteiger partial charge in [0, 0.05) is 0 Å². The molecule has 1 aromatic rings.